The van der Waals surface area contributed by atoms with Gasteiger partial charge in [0.15, 0.2) is 5.16 Å². The second kappa shape index (κ2) is 12.0. The maximum atomic E-state index is 12.9. The second-order valence-electron chi connectivity index (χ2n) is 8.65. The number of hydrogen-bond donors (Lipinski definition) is 1. The lowest BCUT2D eigenvalue weighted by Crippen LogP contribution is -2.38. The van der Waals surface area contributed by atoms with Crippen molar-refractivity contribution in [3.8, 4) is 0 Å². The molecule has 3 aromatic rings. The van der Waals surface area contributed by atoms with Gasteiger partial charge in [-0.3, -0.25) is 9.36 Å². The fourth-order valence-corrected chi connectivity index (χ4v) is 4.79. The van der Waals surface area contributed by atoms with Crippen molar-refractivity contribution < 1.29 is 9.53 Å². The Kier molecular flexibility index (Phi) is 8.60. The van der Waals surface area contributed by atoms with E-state index in [9.17, 15) is 4.79 Å². The number of rotatable bonds is 10. The van der Waals surface area contributed by atoms with Crippen LogP contribution < -0.4 is 10.2 Å². The summed E-state index contributed by atoms with van der Waals surface area (Å²) in [5.74, 6) is 0.853. The van der Waals surface area contributed by atoms with Gasteiger partial charge in [0, 0.05) is 19.1 Å². The Labute approximate surface area is 205 Å². The van der Waals surface area contributed by atoms with E-state index in [1.807, 2.05) is 43.3 Å². The van der Waals surface area contributed by atoms with Gasteiger partial charge in [-0.05, 0) is 37.8 Å². The van der Waals surface area contributed by atoms with Crippen molar-refractivity contribution in [2.45, 2.75) is 49.7 Å². The van der Waals surface area contributed by atoms with Crippen LogP contribution in [0.15, 0.2) is 65.8 Å². The van der Waals surface area contributed by atoms with Gasteiger partial charge in [-0.2, -0.15) is 0 Å². The minimum absolute atomic E-state index is 0.0211. The van der Waals surface area contributed by atoms with Gasteiger partial charge in [0.2, 0.25) is 11.9 Å². The molecule has 1 fully saturated rings. The molecular formula is C26H33N5O2S. The number of anilines is 1. The van der Waals surface area contributed by atoms with Gasteiger partial charge < -0.3 is 15.0 Å². The van der Waals surface area contributed by atoms with Gasteiger partial charge in [-0.1, -0.05) is 72.4 Å². The topological polar surface area (TPSA) is 72.3 Å². The predicted octanol–water partition coefficient (Wildman–Crippen LogP) is 3.78. The molecule has 180 valence electrons. The number of nitrogens with one attached hydrogen (secondary N) is 1. The molecule has 0 aliphatic carbocycles. The third-order valence-electron chi connectivity index (χ3n) is 5.92. The van der Waals surface area contributed by atoms with Crippen molar-refractivity contribution in [1.29, 1.82) is 0 Å². The van der Waals surface area contributed by atoms with Crippen LogP contribution in [-0.2, 0) is 22.5 Å². The molecule has 1 N–H and O–H groups in total. The van der Waals surface area contributed by atoms with Crippen molar-refractivity contribution in [1.82, 2.24) is 20.1 Å². The van der Waals surface area contributed by atoms with E-state index < -0.39 is 0 Å². The number of morpholine rings is 1. The predicted molar refractivity (Wildman–Crippen MR) is 136 cm³/mol. The average Bonchev–Trinajstić information content (AvgIpc) is 3.26. The summed E-state index contributed by atoms with van der Waals surface area (Å²) in [5, 5.41) is 12.6. The van der Waals surface area contributed by atoms with Crippen molar-refractivity contribution in [3.63, 3.8) is 0 Å². The van der Waals surface area contributed by atoms with Crippen LogP contribution in [0.1, 0.15) is 31.4 Å². The molecule has 1 aromatic heterocycles. The first kappa shape index (κ1) is 24.3. The highest BCUT2D eigenvalue weighted by molar-refractivity contribution is 8.00. The number of aryl methyl sites for hydroxylation is 1. The van der Waals surface area contributed by atoms with Crippen LogP contribution in [0.4, 0.5) is 5.95 Å². The quantitative estimate of drug-likeness (QED) is 0.446. The summed E-state index contributed by atoms with van der Waals surface area (Å²) < 4.78 is 7.63. The van der Waals surface area contributed by atoms with Gasteiger partial charge in [-0.15, -0.1) is 10.2 Å². The second-order valence-corrected chi connectivity index (χ2v) is 9.96. The number of benzene rings is 2. The Morgan fingerprint density at radius 3 is 2.32 bits per heavy atom. The molecule has 8 heteroatoms. The standard InChI is InChI=1S/C26H33N5O2S/c1-20(13-14-22-9-5-3-6-10-22)27-24(32)21(2)34-26-29-28-25(30-15-17-33-18-16-30)31(26)19-23-11-7-4-8-12-23/h3-12,20-21H,13-19H2,1-2H3,(H,27,32)/t20-,21-/m0/s1. The van der Waals surface area contributed by atoms with Gasteiger partial charge in [0.05, 0.1) is 25.0 Å². The highest BCUT2D eigenvalue weighted by Gasteiger charge is 2.24. The van der Waals surface area contributed by atoms with Gasteiger partial charge in [0.1, 0.15) is 0 Å². The number of amides is 1. The SMILES string of the molecule is C[C@H](Sc1nnc(N2CCOCC2)n1Cc1ccccc1)C(=O)N[C@@H](C)CCc1ccccc1. The molecule has 1 aliphatic rings. The van der Waals surface area contributed by atoms with Crippen LogP contribution in [-0.4, -0.2) is 58.3 Å². The Morgan fingerprint density at radius 2 is 1.65 bits per heavy atom. The highest BCUT2D eigenvalue weighted by atomic mass is 32.2. The molecule has 34 heavy (non-hydrogen) atoms. The lowest BCUT2D eigenvalue weighted by Gasteiger charge is -2.28. The lowest BCUT2D eigenvalue weighted by molar-refractivity contribution is -0.120. The highest BCUT2D eigenvalue weighted by Crippen LogP contribution is 2.27. The number of carbonyl (C=O) groups is 1. The largest absolute Gasteiger partial charge is 0.378 e. The summed E-state index contributed by atoms with van der Waals surface area (Å²) in [4.78, 5) is 15.1. The van der Waals surface area contributed by atoms with E-state index in [2.05, 4.69) is 56.2 Å². The molecule has 0 bridgehead atoms. The maximum Gasteiger partial charge on any atom is 0.233 e. The van der Waals surface area contributed by atoms with Crippen LogP contribution in [0, 0.1) is 0 Å². The van der Waals surface area contributed by atoms with E-state index in [0.717, 1.165) is 37.0 Å². The fourth-order valence-electron chi connectivity index (χ4n) is 3.94. The molecule has 2 heterocycles. The molecular weight excluding hydrogens is 446 g/mol. The van der Waals surface area contributed by atoms with Crippen molar-refractivity contribution in [3.05, 3.63) is 71.8 Å². The molecule has 1 amide bonds. The van der Waals surface area contributed by atoms with E-state index >= 15 is 0 Å². The summed E-state index contributed by atoms with van der Waals surface area (Å²) >= 11 is 1.46. The number of thioether (sulfide) groups is 1. The van der Waals surface area contributed by atoms with Crippen LogP contribution in [0.3, 0.4) is 0 Å². The molecule has 2 atom stereocenters. The van der Waals surface area contributed by atoms with E-state index in [1.165, 1.54) is 22.9 Å². The zero-order valence-corrected chi connectivity index (χ0v) is 20.7. The summed E-state index contributed by atoms with van der Waals surface area (Å²) in [6.07, 6.45) is 1.84. The molecule has 7 nitrogen and oxygen atoms in total. The minimum Gasteiger partial charge on any atom is -0.378 e. The summed E-state index contributed by atoms with van der Waals surface area (Å²) in [7, 11) is 0. The number of nitrogens with zero attached hydrogens (tertiary/aromatic N) is 4. The van der Waals surface area contributed by atoms with Crippen molar-refractivity contribution in [2.75, 3.05) is 31.2 Å². The fraction of sp³-hybridized carbons (Fsp3) is 0.423. The molecule has 2 aromatic carbocycles. The number of aromatic nitrogens is 3. The van der Waals surface area contributed by atoms with Gasteiger partial charge in [-0.25, -0.2) is 0 Å². The monoisotopic (exact) mass is 479 g/mol. The summed E-state index contributed by atoms with van der Waals surface area (Å²) in [6.45, 7) is 7.58. The lowest BCUT2D eigenvalue weighted by atomic mass is 10.1. The average molecular weight is 480 g/mol. The third-order valence-corrected chi connectivity index (χ3v) is 7.00. The maximum absolute atomic E-state index is 12.9. The molecule has 0 unspecified atom stereocenters. The van der Waals surface area contributed by atoms with E-state index in [0.29, 0.717) is 19.8 Å². The molecule has 1 aliphatic heterocycles. The molecule has 0 spiro atoms. The van der Waals surface area contributed by atoms with Crippen LogP contribution in [0.25, 0.3) is 0 Å². The third kappa shape index (κ3) is 6.61. The molecule has 0 saturated carbocycles. The van der Waals surface area contributed by atoms with Crippen LogP contribution >= 0.6 is 11.8 Å². The van der Waals surface area contributed by atoms with Gasteiger partial charge in [0.25, 0.3) is 0 Å². The first-order chi connectivity index (χ1) is 16.6. The number of carbonyl (C=O) groups excluding carboxylic acids is 1. The smallest absolute Gasteiger partial charge is 0.233 e. The number of ether oxygens (including phenoxy) is 1. The zero-order valence-electron chi connectivity index (χ0n) is 19.9. The van der Waals surface area contributed by atoms with Gasteiger partial charge >= 0.3 is 0 Å². The molecule has 0 radical (unpaired) electrons. The summed E-state index contributed by atoms with van der Waals surface area (Å²) in [6, 6.07) is 20.8. The van der Waals surface area contributed by atoms with E-state index in [4.69, 9.17) is 4.74 Å². The van der Waals surface area contributed by atoms with E-state index in [-0.39, 0.29) is 17.2 Å². The molecule has 1 saturated heterocycles. The normalized spacial score (nSPS) is 15.6. The minimum atomic E-state index is -0.282. The Balaban J connectivity index is 1.41. The van der Waals surface area contributed by atoms with Crippen LogP contribution in [0.5, 0.6) is 0 Å². The van der Waals surface area contributed by atoms with Crippen molar-refractivity contribution in [2.24, 2.45) is 0 Å². The first-order valence-electron chi connectivity index (χ1n) is 11.9. The Bertz CT molecular complexity index is 1040. The Morgan fingerprint density at radius 1 is 1.00 bits per heavy atom. The van der Waals surface area contributed by atoms with Crippen LogP contribution in [0.2, 0.25) is 0 Å². The first-order valence-corrected chi connectivity index (χ1v) is 12.8. The van der Waals surface area contributed by atoms with Crippen molar-refractivity contribution >= 4 is 23.6 Å². The Hall–Kier alpha value is -2.84. The van der Waals surface area contributed by atoms with E-state index in [1.54, 1.807) is 0 Å². The zero-order chi connectivity index (χ0) is 23.8. The summed E-state index contributed by atoms with van der Waals surface area (Å²) in [5.41, 5.74) is 2.46. The number of hydrogen-bond acceptors (Lipinski definition) is 6. The molecule has 4 rings (SSSR count).